The Bertz CT molecular complexity index is 1020. The highest BCUT2D eigenvalue weighted by Gasteiger charge is 2.21. The molecule has 1 saturated heterocycles. The molecule has 1 heterocycles. The van der Waals surface area contributed by atoms with Crippen molar-refractivity contribution in [3.8, 4) is 0 Å². The van der Waals surface area contributed by atoms with Gasteiger partial charge in [-0.05, 0) is 87.6 Å². The smallest absolute Gasteiger partial charge is 0.263 e. The zero-order chi connectivity index (χ0) is 22.4. The van der Waals surface area contributed by atoms with Gasteiger partial charge < -0.3 is 10.2 Å². The van der Waals surface area contributed by atoms with Crippen molar-refractivity contribution in [1.82, 2.24) is 10.2 Å². The van der Waals surface area contributed by atoms with Crippen LogP contribution in [0.25, 0.3) is 0 Å². The molecule has 1 fully saturated rings. The largest absolute Gasteiger partial charge is 0.352 e. The summed E-state index contributed by atoms with van der Waals surface area (Å²) in [5, 5.41) is 2.94. The highest BCUT2D eigenvalue weighted by Crippen LogP contribution is 2.25. The first-order valence-corrected chi connectivity index (χ1v) is 12.5. The molecule has 0 bridgehead atoms. The van der Waals surface area contributed by atoms with Crippen molar-refractivity contribution in [3.05, 3.63) is 58.6 Å². The molecule has 0 unspecified atom stereocenters. The Morgan fingerprint density at radius 3 is 2.61 bits per heavy atom. The van der Waals surface area contributed by atoms with Crippen LogP contribution in [0.4, 0.5) is 5.69 Å². The summed E-state index contributed by atoms with van der Waals surface area (Å²) in [6.45, 7) is 7.88. The van der Waals surface area contributed by atoms with Gasteiger partial charge in [0.2, 0.25) is 0 Å². The summed E-state index contributed by atoms with van der Waals surface area (Å²) < 4.78 is 28.2. The van der Waals surface area contributed by atoms with Crippen molar-refractivity contribution in [2.24, 2.45) is 5.92 Å². The first-order valence-electron chi connectivity index (χ1n) is 10.6. The summed E-state index contributed by atoms with van der Waals surface area (Å²) in [5.74, 6) is 0.489. The maximum absolute atomic E-state index is 12.8. The summed E-state index contributed by atoms with van der Waals surface area (Å²) in [4.78, 5) is 14.9. The van der Waals surface area contributed by atoms with Gasteiger partial charge in [0.05, 0.1) is 5.02 Å². The fraction of sp³-hybridized carbons (Fsp3) is 0.435. The normalized spacial score (nSPS) is 15.6. The molecule has 1 aliphatic heterocycles. The van der Waals surface area contributed by atoms with Crippen molar-refractivity contribution in [2.75, 3.05) is 30.9 Å². The molecule has 6 nitrogen and oxygen atoms in total. The molecule has 1 amide bonds. The zero-order valence-electron chi connectivity index (χ0n) is 18.0. The van der Waals surface area contributed by atoms with Crippen LogP contribution in [0.2, 0.25) is 5.02 Å². The number of piperidine rings is 1. The molecular formula is C23H30ClN3O3S. The van der Waals surface area contributed by atoms with Gasteiger partial charge in [-0.1, -0.05) is 30.7 Å². The molecular weight excluding hydrogens is 434 g/mol. The second-order valence-electron chi connectivity index (χ2n) is 8.25. The fourth-order valence-corrected chi connectivity index (χ4v) is 5.24. The van der Waals surface area contributed by atoms with Gasteiger partial charge in [0, 0.05) is 17.8 Å². The number of carbonyl (C=O) groups is 1. The number of benzene rings is 2. The van der Waals surface area contributed by atoms with E-state index in [0.717, 1.165) is 37.5 Å². The fourth-order valence-electron chi connectivity index (χ4n) is 3.66. The number of nitrogens with zero attached hydrogens (tertiary/aromatic N) is 1. The van der Waals surface area contributed by atoms with Gasteiger partial charge in [0.15, 0.2) is 0 Å². The van der Waals surface area contributed by atoms with E-state index >= 15 is 0 Å². The number of amides is 1. The SMILES string of the molecule is Cc1cccc(NS(=O)(=O)c2cc(C(=O)NCCCN3CCC(C)CC3)ccc2Cl)c1. The van der Waals surface area contributed by atoms with Gasteiger partial charge in [-0.15, -0.1) is 0 Å². The third-order valence-electron chi connectivity index (χ3n) is 5.57. The van der Waals surface area contributed by atoms with Crippen molar-refractivity contribution in [1.29, 1.82) is 0 Å². The van der Waals surface area contributed by atoms with E-state index in [9.17, 15) is 13.2 Å². The second-order valence-corrected chi connectivity index (χ2v) is 10.3. The van der Waals surface area contributed by atoms with Crippen LogP contribution in [0.3, 0.4) is 0 Å². The number of hydrogen-bond donors (Lipinski definition) is 2. The molecule has 0 radical (unpaired) electrons. The summed E-state index contributed by atoms with van der Waals surface area (Å²) in [6.07, 6.45) is 3.31. The van der Waals surface area contributed by atoms with Gasteiger partial charge in [0.25, 0.3) is 15.9 Å². The van der Waals surface area contributed by atoms with Crippen molar-refractivity contribution in [3.63, 3.8) is 0 Å². The molecule has 0 aliphatic carbocycles. The molecule has 0 atom stereocenters. The molecule has 2 aromatic rings. The number of likely N-dealkylation sites (tertiary alicyclic amines) is 1. The molecule has 2 aromatic carbocycles. The predicted octanol–water partition coefficient (Wildman–Crippen LogP) is 4.30. The molecule has 0 spiro atoms. The Labute approximate surface area is 190 Å². The number of anilines is 1. The highest BCUT2D eigenvalue weighted by atomic mass is 35.5. The quantitative estimate of drug-likeness (QED) is 0.572. The van der Waals surface area contributed by atoms with Crippen LogP contribution in [0.5, 0.6) is 0 Å². The standard InChI is InChI=1S/C23H30ClN3O3S/c1-17-9-13-27(14-10-17)12-4-11-25-23(28)19-7-8-21(24)22(16-19)31(29,30)26-20-6-3-5-18(2)15-20/h3,5-8,15-17,26H,4,9-14H2,1-2H3,(H,25,28). The molecule has 8 heteroatoms. The van der Waals surface area contributed by atoms with E-state index in [1.165, 1.54) is 31.0 Å². The van der Waals surface area contributed by atoms with Crippen LogP contribution in [0, 0.1) is 12.8 Å². The number of halogens is 1. The van der Waals surface area contributed by atoms with E-state index in [2.05, 4.69) is 21.9 Å². The average Bonchev–Trinajstić information content (AvgIpc) is 2.72. The summed E-state index contributed by atoms with van der Waals surface area (Å²) in [6, 6.07) is 11.3. The van der Waals surface area contributed by atoms with Gasteiger partial charge in [0.1, 0.15) is 4.90 Å². The molecule has 0 saturated carbocycles. The average molecular weight is 464 g/mol. The predicted molar refractivity (Wildman–Crippen MR) is 125 cm³/mol. The lowest BCUT2D eigenvalue weighted by molar-refractivity contribution is 0.0950. The minimum absolute atomic E-state index is 0.0658. The van der Waals surface area contributed by atoms with Crippen LogP contribution in [0.15, 0.2) is 47.4 Å². The first kappa shape index (κ1) is 23.6. The summed E-state index contributed by atoms with van der Waals surface area (Å²) in [5.41, 5.74) is 1.64. The third-order valence-corrected chi connectivity index (χ3v) is 7.43. The first-order chi connectivity index (χ1) is 14.7. The molecule has 31 heavy (non-hydrogen) atoms. The summed E-state index contributed by atoms with van der Waals surface area (Å²) in [7, 11) is -3.93. The number of sulfonamides is 1. The van der Waals surface area contributed by atoms with E-state index in [1.807, 2.05) is 13.0 Å². The Morgan fingerprint density at radius 1 is 1.16 bits per heavy atom. The lowest BCUT2D eigenvalue weighted by atomic mass is 9.99. The number of aryl methyl sites for hydroxylation is 1. The van der Waals surface area contributed by atoms with Crippen LogP contribution < -0.4 is 10.0 Å². The topological polar surface area (TPSA) is 78.5 Å². The van der Waals surface area contributed by atoms with Gasteiger partial charge in [-0.3, -0.25) is 9.52 Å². The molecule has 168 valence electrons. The van der Waals surface area contributed by atoms with Crippen LogP contribution >= 0.6 is 11.6 Å². The molecule has 2 N–H and O–H groups in total. The maximum atomic E-state index is 12.8. The van der Waals surface area contributed by atoms with Gasteiger partial charge in [-0.2, -0.15) is 0 Å². The minimum Gasteiger partial charge on any atom is -0.352 e. The number of carbonyl (C=O) groups excluding carboxylic acids is 1. The lowest BCUT2D eigenvalue weighted by Crippen LogP contribution is -2.35. The molecule has 3 rings (SSSR count). The Kier molecular flexibility index (Phi) is 7.97. The van der Waals surface area contributed by atoms with E-state index < -0.39 is 10.0 Å². The van der Waals surface area contributed by atoms with E-state index in [1.54, 1.807) is 18.2 Å². The van der Waals surface area contributed by atoms with Crippen molar-refractivity contribution in [2.45, 2.75) is 38.0 Å². The van der Waals surface area contributed by atoms with Crippen LogP contribution in [0.1, 0.15) is 42.1 Å². The van der Waals surface area contributed by atoms with E-state index in [4.69, 9.17) is 11.6 Å². The van der Waals surface area contributed by atoms with Crippen molar-refractivity contribution >= 4 is 33.2 Å². The molecule has 1 aliphatic rings. The third kappa shape index (κ3) is 6.69. The highest BCUT2D eigenvalue weighted by molar-refractivity contribution is 7.92. The molecule has 0 aromatic heterocycles. The van der Waals surface area contributed by atoms with Crippen molar-refractivity contribution < 1.29 is 13.2 Å². The Hall–Kier alpha value is -2.09. The van der Waals surface area contributed by atoms with Crippen LogP contribution in [-0.2, 0) is 10.0 Å². The lowest BCUT2D eigenvalue weighted by Gasteiger charge is -2.30. The summed E-state index contributed by atoms with van der Waals surface area (Å²) >= 11 is 6.15. The maximum Gasteiger partial charge on any atom is 0.263 e. The van der Waals surface area contributed by atoms with E-state index in [0.29, 0.717) is 12.2 Å². The number of rotatable bonds is 8. The number of hydrogen-bond acceptors (Lipinski definition) is 4. The Balaban J connectivity index is 1.59. The van der Waals surface area contributed by atoms with Crippen LogP contribution in [-0.4, -0.2) is 45.4 Å². The zero-order valence-corrected chi connectivity index (χ0v) is 19.6. The number of nitrogens with one attached hydrogen (secondary N) is 2. The second kappa shape index (κ2) is 10.5. The van der Waals surface area contributed by atoms with Gasteiger partial charge >= 0.3 is 0 Å². The van der Waals surface area contributed by atoms with Gasteiger partial charge in [-0.25, -0.2) is 8.42 Å². The Morgan fingerprint density at radius 2 is 1.90 bits per heavy atom. The monoisotopic (exact) mass is 463 g/mol. The van der Waals surface area contributed by atoms with E-state index in [-0.39, 0.29) is 21.4 Å². The minimum atomic E-state index is -3.93.